The van der Waals surface area contributed by atoms with Gasteiger partial charge in [0.05, 0.1) is 11.3 Å². The predicted octanol–water partition coefficient (Wildman–Crippen LogP) is 5.40. The molecule has 2 heterocycles. The number of aromatic nitrogens is 3. The van der Waals surface area contributed by atoms with Gasteiger partial charge in [0.25, 0.3) is 5.91 Å². The lowest BCUT2D eigenvalue weighted by molar-refractivity contribution is 0.0766. The average molecular weight is 453 g/mol. The molecular weight excluding hydrogens is 428 g/mol. The molecule has 34 heavy (non-hydrogen) atoms. The van der Waals surface area contributed by atoms with Gasteiger partial charge in [0.15, 0.2) is 5.82 Å². The first-order valence-corrected chi connectivity index (χ1v) is 11.1. The van der Waals surface area contributed by atoms with E-state index in [0.29, 0.717) is 23.8 Å². The number of nitrogens with zero attached hydrogens (tertiary/aromatic N) is 4. The maximum atomic E-state index is 13.0. The van der Waals surface area contributed by atoms with Gasteiger partial charge >= 0.3 is 5.84 Å². The van der Waals surface area contributed by atoms with Gasteiger partial charge in [-0.15, -0.1) is 5.10 Å². The fraction of sp³-hybridized carbons (Fsp3) is 0.148. The molecule has 0 radical (unpaired) electrons. The summed E-state index contributed by atoms with van der Waals surface area (Å²) in [5.74, 6) is 2.13. The molecule has 1 amide bonds. The highest BCUT2D eigenvalue weighted by Gasteiger charge is 2.24. The fourth-order valence-corrected chi connectivity index (χ4v) is 3.73. The minimum absolute atomic E-state index is 0.199. The Kier molecular flexibility index (Phi) is 5.82. The molecule has 7 heteroatoms. The van der Waals surface area contributed by atoms with Crippen molar-refractivity contribution in [1.82, 2.24) is 19.5 Å². The van der Waals surface area contributed by atoms with Crippen molar-refractivity contribution in [3.63, 3.8) is 0 Å². The molecule has 0 bridgehead atoms. The van der Waals surface area contributed by atoms with Crippen LogP contribution in [-0.4, -0.2) is 39.0 Å². The van der Waals surface area contributed by atoms with Crippen LogP contribution in [0.15, 0.2) is 89.3 Å². The Morgan fingerprint density at radius 2 is 1.65 bits per heavy atom. The molecule has 0 aliphatic heterocycles. The summed E-state index contributed by atoms with van der Waals surface area (Å²) in [4.78, 5) is 19.2. The van der Waals surface area contributed by atoms with E-state index >= 15 is 0 Å². The van der Waals surface area contributed by atoms with Crippen LogP contribution in [0, 0.1) is 6.92 Å². The lowest BCUT2D eigenvalue weighted by atomic mass is 10.1. The van der Waals surface area contributed by atoms with E-state index in [0.717, 1.165) is 17.7 Å². The third kappa shape index (κ3) is 4.28. The van der Waals surface area contributed by atoms with Gasteiger partial charge in [-0.05, 0) is 43.2 Å². The highest BCUT2D eigenvalue weighted by atomic mass is 16.5. The number of oxazole rings is 1. The van der Waals surface area contributed by atoms with Crippen molar-refractivity contribution >= 4 is 11.8 Å². The standard InChI is InChI=1S/C27H24N4O3/c1-19-24(26(32)30(2)18-17-20-11-5-3-6-12-20)34-27-28-25(29-31(19)27)22-15-9-10-16-23(22)33-21-13-7-4-8-14-21/h3-16H,17-18H2,1-2H3. The van der Waals surface area contributed by atoms with Gasteiger partial charge in [-0.25, -0.2) is 0 Å². The van der Waals surface area contributed by atoms with Gasteiger partial charge in [-0.1, -0.05) is 60.7 Å². The number of benzene rings is 3. The van der Waals surface area contributed by atoms with Crippen LogP contribution in [0.3, 0.4) is 0 Å². The van der Waals surface area contributed by atoms with E-state index < -0.39 is 0 Å². The lowest BCUT2D eigenvalue weighted by Crippen LogP contribution is -2.29. The molecule has 0 fully saturated rings. The third-order valence-corrected chi connectivity index (χ3v) is 5.64. The third-order valence-electron chi connectivity index (χ3n) is 5.64. The molecule has 0 N–H and O–H groups in total. The molecule has 0 spiro atoms. The Bertz CT molecular complexity index is 1420. The van der Waals surface area contributed by atoms with Crippen LogP contribution in [0.5, 0.6) is 11.5 Å². The molecule has 3 aromatic carbocycles. The van der Waals surface area contributed by atoms with E-state index in [1.54, 1.807) is 23.4 Å². The maximum absolute atomic E-state index is 13.0. The van der Waals surface area contributed by atoms with E-state index in [1.165, 1.54) is 5.56 Å². The smallest absolute Gasteiger partial charge is 0.325 e. The van der Waals surface area contributed by atoms with Crippen molar-refractivity contribution in [3.05, 3.63) is 102 Å². The van der Waals surface area contributed by atoms with E-state index in [2.05, 4.69) is 22.2 Å². The van der Waals surface area contributed by atoms with Crippen LogP contribution in [0.1, 0.15) is 21.8 Å². The van der Waals surface area contributed by atoms with Crippen LogP contribution in [-0.2, 0) is 6.42 Å². The molecule has 0 aliphatic carbocycles. The second kappa shape index (κ2) is 9.23. The largest absolute Gasteiger partial charge is 0.457 e. The van der Waals surface area contributed by atoms with Gasteiger partial charge in [-0.2, -0.15) is 9.50 Å². The summed E-state index contributed by atoms with van der Waals surface area (Å²) in [7, 11) is 1.77. The maximum Gasteiger partial charge on any atom is 0.325 e. The van der Waals surface area contributed by atoms with Gasteiger partial charge in [0, 0.05) is 13.6 Å². The van der Waals surface area contributed by atoms with Crippen molar-refractivity contribution in [1.29, 1.82) is 0 Å². The van der Waals surface area contributed by atoms with E-state index in [1.807, 2.05) is 72.8 Å². The highest BCUT2D eigenvalue weighted by Crippen LogP contribution is 2.32. The van der Waals surface area contributed by atoms with Crippen LogP contribution in [0.4, 0.5) is 0 Å². The SMILES string of the molecule is Cc1c(C(=O)N(C)CCc2ccccc2)oc2nc(-c3ccccc3Oc3ccccc3)nn12. The quantitative estimate of drug-likeness (QED) is 0.330. The zero-order chi connectivity index (χ0) is 23.5. The molecule has 0 unspecified atom stereocenters. The molecular formula is C27H24N4O3. The topological polar surface area (TPSA) is 72.9 Å². The number of carbonyl (C=O) groups is 1. The molecule has 5 aromatic rings. The first-order chi connectivity index (χ1) is 16.6. The summed E-state index contributed by atoms with van der Waals surface area (Å²) >= 11 is 0. The lowest BCUT2D eigenvalue weighted by Gasteiger charge is -2.15. The number of hydrogen-bond acceptors (Lipinski definition) is 5. The summed E-state index contributed by atoms with van der Waals surface area (Å²) in [6, 6.07) is 27.2. The van der Waals surface area contributed by atoms with Crippen LogP contribution in [0.2, 0.25) is 0 Å². The van der Waals surface area contributed by atoms with Crippen molar-refractivity contribution in [3.8, 4) is 22.9 Å². The molecule has 7 nitrogen and oxygen atoms in total. The number of para-hydroxylation sites is 2. The minimum Gasteiger partial charge on any atom is -0.457 e. The number of aryl methyl sites for hydroxylation is 1. The average Bonchev–Trinajstić information content (AvgIpc) is 3.43. The fourth-order valence-electron chi connectivity index (χ4n) is 3.73. The Balaban J connectivity index is 1.38. The molecule has 2 aromatic heterocycles. The Labute approximate surface area is 197 Å². The van der Waals surface area contributed by atoms with Gasteiger partial charge < -0.3 is 14.1 Å². The van der Waals surface area contributed by atoms with Crippen molar-refractivity contribution in [2.24, 2.45) is 0 Å². The Hall–Kier alpha value is -4.39. The van der Waals surface area contributed by atoms with Gasteiger partial charge in [0.2, 0.25) is 5.76 Å². The normalized spacial score (nSPS) is 11.0. The zero-order valence-electron chi connectivity index (χ0n) is 19.0. The molecule has 0 aliphatic rings. The summed E-state index contributed by atoms with van der Waals surface area (Å²) in [6.07, 6.45) is 0.764. The number of carbonyl (C=O) groups excluding carboxylic acids is 1. The molecule has 170 valence electrons. The Morgan fingerprint density at radius 1 is 0.971 bits per heavy atom. The number of amides is 1. The van der Waals surface area contributed by atoms with Crippen LogP contribution < -0.4 is 4.74 Å². The molecule has 0 atom stereocenters. The van der Waals surface area contributed by atoms with Crippen molar-refractivity contribution in [2.45, 2.75) is 13.3 Å². The summed E-state index contributed by atoms with van der Waals surface area (Å²) in [6.45, 7) is 2.38. The van der Waals surface area contributed by atoms with Gasteiger partial charge in [-0.3, -0.25) is 4.79 Å². The number of fused-ring (bicyclic) bond motifs is 1. The van der Waals surface area contributed by atoms with E-state index in [9.17, 15) is 4.79 Å². The minimum atomic E-state index is -0.199. The predicted molar refractivity (Wildman–Crippen MR) is 129 cm³/mol. The van der Waals surface area contributed by atoms with Gasteiger partial charge in [0.1, 0.15) is 11.5 Å². The van der Waals surface area contributed by atoms with Crippen molar-refractivity contribution in [2.75, 3.05) is 13.6 Å². The number of hydrogen-bond donors (Lipinski definition) is 0. The number of rotatable bonds is 7. The second-order valence-corrected chi connectivity index (χ2v) is 8.02. The zero-order valence-corrected chi connectivity index (χ0v) is 19.0. The summed E-state index contributed by atoms with van der Waals surface area (Å²) in [5.41, 5.74) is 2.51. The van der Waals surface area contributed by atoms with Crippen molar-refractivity contribution < 1.29 is 13.9 Å². The first-order valence-electron chi connectivity index (χ1n) is 11.1. The van der Waals surface area contributed by atoms with Crippen LogP contribution >= 0.6 is 0 Å². The number of ether oxygens (including phenoxy) is 1. The number of likely N-dealkylation sites (N-methyl/N-ethyl adjacent to an activating group) is 1. The van der Waals surface area contributed by atoms with E-state index in [4.69, 9.17) is 9.15 Å². The van der Waals surface area contributed by atoms with Crippen LogP contribution in [0.25, 0.3) is 17.2 Å². The van der Waals surface area contributed by atoms with E-state index in [-0.39, 0.29) is 17.5 Å². The highest BCUT2D eigenvalue weighted by molar-refractivity contribution is 5.92. The molecule has 0 saturated carbocycles. The molecule has 5 rings (SSSR count). The Morgan fingerprint density at radius 3 is 2.38 bits per heavy atom. The summed E-state index contributed by atoms with van der Waals surface area (Å²) in [5, 5.41) is 4.60. The first kappa shape index (κ1) is 21.5. The monoisotopic (exact) mass is 452 g/mol. The summed E-state index contributed by atoms with van der Waals surface area (Å²) < 4.78 is 13.5. The second-order valence-electron chi connectivity index (χ2n) is 8.02. The molecule has 0 saturated heterocycles.